The maximum Gasteiger partial charge on any atom is 0.416 e. The molecule has 2 aromatic rings. The van der Waals surface area contributed by atoms with Crippen LogP contribution in [-0.2, 0) is 6.18 Å². The van der Waals surface area contributed by atoms with Gasteiger partial charge < -0.3 is 16.2 Å². The van der Waals surface area contributed by atoms with E-state index >= 15 is 0 Å². The number of benzene rings is 1. The predicted molar refractivity (Wildman–Crippen MR) is 86.1 cm³/mol. The molecule has 10 heteroatoms. The maximum atomic E-state index is 12.6. The molecule has 0 aliphatic carbocycles. The normalized spacial score (nSPS) is 12.4. The summed E-state index contributed by atoms with van der Waals surface area (Å²) in [5.41, 5.74) is 5.43. The van der Waals surface area contributed by atoms with Crippen molar-refractivity contribution in [2.75, 3.05) is 11.9 Å². The Morgan fingerprint density at radius 2 is 1.96 bits per heavy atom. The van der Waals surface area contributed by atoms with Crippen molar-refractivity contribution in [3.05, 3.63) is 29.5 Å². The van der Waals surface area contributed by atoms with Crippen molar-refractivity contribution in [2.24, 2.45) is 5.73 Å². The number of aromatic hydroxyl groups is 1. The van der Waals surface area contributed by atoms with Crippen LogP contribution in [0.15, 0.2) is 18.2 Å². The Morgan fingerprint density at radius 1 is 1.29 bits per heavy atom. The minimum Gasteiger partial charge on any atom is -0.507 e. The Hall–Kier alpha value is -2.13. The number of alkyl halides is 3. The summed E-state index contributed by atoms with van der Waals surface area (Å²) in [5.74, 6) is -0.273. The highest BCUT2D eigenvalue weighted by molar-refractivity contribution is 5.85. The van der Waals surface area contributed by atoms with Crippen molar-refractivity contribution in [2.45, 2.75) is 26.1 Å². The van der Waals surface area contributed by atoms with Gasteiger partial charge in [-0.05, 0) is 32.0 Å². The zero-order valence-electron chi connectivity index (χ0n) is 12.9. The molecule has 0 saturated heterocycles. The second-order valence-corrected chi connectivity index (χ2v) is 5.16. The second kappa shape index (κ2) is 7.63. The second-order valence-electron chi connectivity index (χ2n) is 5.16. The average molecular weight is 364 g/mol. The number of phenols is 1. The number of rotatable bonds is 4. The van der Waals surface area contributed by atoms with E-state index in [0.29, 0.717) is 18.3 Å². The lowest BCUT2D eigenvalue weighted by atomic mass is 10.1. The van der Waals surface area contributed by atoms with Crippen molar-refractivity contribution >= 4 is 18.4 Å². The van der Waals surface area contributed by atoms with E-state index in [-0.39, 0.29) is 35.7 Å². The molecule has 0 radical (unpaired) electrons. The maximum absolute atomic E-state index is 12.6. The number of anilines is 1. The first-order chi connectivity index (χ1) is 10.7. The Morgan fingerprint density at radius 3 is 2.46 bits per heavy atom. The molecule has 1 heterocycles. The first-order valence-corrected chi connectivity index (χ1v) is 6.80. The van der Waals surface area contributed by atoms with Crippen molar-refractivity contribution in [1.29, 1.82) is 0 Å². The summed E-state index contributed by atoms with van der Waals surface area (Å²) in [4.78, 5) is 4.16. The van der Waals surface area contributed by atoms with Crippen LogP contribution in [0.2, 0.25) is 0 Å². The van der Waals surface area contributed by atoms with Crippen molar-refractivity contribution in [3.63, 3.8) is 0 Å². The van der Waals surface area contributed by atoms with Crippen LogP contribution in [0.3, 0.4) is 0 Å². The van der Waals surface area contributed by atoms with Crippen LogP contribution in [0.4, 0.5) is 19.1 Å². The molecule has 2 rings (SSSR count). The molecular formula is C14H17ClF3N5O. The topological polar surface area (TPSA) is 97.0 Å². The summed E-state index contributed by atoms with van der Waals surface area (Å²) in [6, 6.07) is 2.57. The number of hydrogen-bond donors (Lipinski definition) is 3. The highest BCUT2D eigenvalue weighted by Gasteiger charge is 2.31. The summed E-state index contributed by atoms with van der Waals surface area (Å²) in [6.45, 7) is 3.88. The Labute approximate surface area is 142 Å². The molecule has 6 nitrogen and oxygen atoms in total. The SMILES string of the molecule is Cc1nc(NCC(C)N)nnc1-c1ccc(C(F)(F)F)cc1O.Cl. The van der Waals surface area contributed by atoms with Crippen molar-refractivity contribution in [1.82, 2.24) is 15.2 Å². The van der Waals surface area contributed by atoms with Crippen LogP contribution >= 0.6 is 12.4 Å². The Balaban J connectivity index is 0.00000288. The number of nitrogens with one attached hydrogen (secondary N) is 1. The highest BCUT2D eigenvalue weighted by Crippen LogP contribution is 2.36. The summed E-state index contributed by atoms with van der Waals surface area (Å²) in [7, 11) is 0. The standard InChI is InChI=1S/C14H16F3N5O.ClH/c1-7(18)6-19-13-20-8(2)12(21-22-13)10-4-3-9(5-11(10)23)14(15,16)17;/h3-5,7,23H,6,18H2,1-2H3,(H,19,20,22);1H. The zero-order valence-corrected chi connectivity index (χ0v) is 13.7. The molecule has 1 atom stereocenters. The molecule has 24 heavy (non-hydrogen) atoms. The van der Waals surface area contributed by atoms with Gasteiger partial charge in [-0.3, -0.25) is 0 Å². The third-order valence-electron chi connectivity index (χ3n) is 3.02. The molecule has 1 unspecified atom stereocenters. The van der Waals surface area contributed by atoms with Crippen molar-refractivity contribution in [3.8, 4) is 17.0 Å². The van der Waals surface area contributed by atoms with Gasteiger partial charge in [0.25, 0.3) is 0 Å². The number of nitrogens with two attached hydrogens (primary N) is 1. The number of aromatic nitrogens is 3. The lowest BCUT2D eigenvalue weighted by Crippen LogP contribution is -2.26. The first-order valence-electron chi connectivity index (χ1n) is 6.80. The first kappa shape index (κ1) is 19.9. The van der Waals surface area contributed by atoms with Gasteiger partial charge in [0.05, 0.1) is 11.3 Å². The van der Waals surface area contributed by atoms with E-state index in [1.807, 2.05) is 6.92 Å². The van der Waals surface area contributed by atoms with Gasteiger partial charge in [0.1, 0.15) is 11.4 Å². The summed E-state index contributed by atoms with van der Waals surface area (Å²) >= 11 is 0. The summed E-state index contributed by atoms with van der Waals surface area (Å²) < 4.78 is 37.8. The van der Waals surface area contributed by atoms with Crippen molar-refractivity contribution < 1.29 is 18.3 Å². The molecule has 132 valence electrons. The number of hydrogen-bond acceptors (Lipinski definition) is 6. The molecule has 0 saturated carbocycles. The fourth-order valence-corrected chi connectivity index (χ4v) is 1.89. The van der Waals surface area contributed by atoms with Crippen LogP contribution in [0.1, 0.15) is 18.2 Å². The van der Waals surface area contributed by atoms with E-state index in [1.165, 1.54) is 0 Å². The summed E-state index contributed by atoms with van der Waals surface area (Å²) in [6.07, 6.45) is -4.53. The van der Waals surface area contributed by atoms with Crippen LogP contribution in [0.25, 0.3) is 11.3 Å². The van der Waals surface area contributed by atoms with Crippen LogP contribution in [0, 0.1) is 6.92 Å². The Bertz CT molecular complexity index is 709. The lowest BCUT2D eigenvalue weighted by molar-refractivity contribution is -0.137. The zero-order chi connectivity index (χ0) is 17.2. The monoisotopic (exact) mass is 363 g/mol. The Kier molecular flexibility index (Phi) is 6.33. The highest BCUT2D eigenvalue weighted by atomic mass is 35.5. The molecule has 0 aliphatic heterocycles. The van der Waals surface area contributed by atoms with Gasteiger partial charge in [-0.15, -0.1) is 22.6 Å². The van der Waals surface area contributed by atoms with Gasteiger partial charge in [0, 0.05) is 18.2 Å². The number of phenolic OH excluding ortho intramolecular Hbond substituents is 1. The lowest BCUT2D eigenvalue weighted by Gasteiger charge is -2.12. The average Bonchev–Trinajstić information content (AvgIpc) is 2.44. The predicted octanol–water partition coefficient (Wildman–Crippen LogP) is 2.75. The van der Waals surface area contributed by atoms with Gasteiger partial charge in [-0.25, -0.2) is 4.98 Å². The number of aryl methyl sites for hydroxylation is 1. The molecule has 1 aromatic carbocycles. The number of halogens is 4. The molecule has 0 aliphatic rings. The van der Waals surface area contributed by atoms with Crippen LogP contribution < -0.4 is 11.1 Å². The minimum absolute atomic E-state index is 0. The van der Waals surface area contributed by atoms with E-state index in [9.17, 15) is 18.3 Å². The minimum atomic E-state index is -4.53. The molecule has 1 aromatic heterocycles. The van der Waals surface area contributed by atoms with Gasteiger partial charge in [0.15, 0.2) is 0 Å². The molecule has 0 fully saturated rings. The molecule has 0 amide bonds. The molecule has 0 spiro atoms. The number of nitrogens with zero attached hydrogens (tertiary/aromatic N) is 3. The molecular weight excluding hydrogens is 347 g/mol. The van der Waals surface area contributed by atoms with E-state index in [1.54, 1.807) is 6.92 Å². The van der Waals surface area contributed by atoms with E-state index < -0.39 is 17.5 Å². The summed E-state index contributed by atoms with van der Waals surface area (Å²) in [5, 5.41) is 20.5. The largest absolute Gasteiger partial charge is 0.507 e. The van der Waals surface area contributed by atoms with Crippen LogP contribution in [-0.4, -0.2) is 32.9 Å². The van der Waals surface area contributed by atoms with Gasteiger partial charge in [0.2, 0.25) is 5.95 Å². The fourth-order valence-electron chi connectivity index (χ4n) is 1.89. The smallest absolute Gasteiger partial charge is 0.416 e. The third kappa shape index (κ3) is 4.68. The van der Waals surface area contributed by atoms with Crippen LogP contribution in [0.5, 0.6) is 5.75 Å². The fraction of sp³-hybridized carbons (Fsp3) is 0.357. The van der Waals surface area contributed by atoms with Gasteiger partial charge in [-0.2, -0.15) is 13.2 Å². The quantitative estimate of drug-likeness (QED) is 0.772. The molecule has 0 bridgehead atoms. The van der Waals surface area contributed by atoms with Gasteiger partial charge in [-0.1, -0.05) is 0 Å². The third-order valence-corrected chi connectivity index (χ3v) is 3.02. The van der Waals surface area contributed by atoms with E-state index in [2.05, 4.69) is 20.5 Å². The van der Waals surface area contributed by atoms with E-state index in [4.69, 9.17) is 5.73 Å². The van der Waals surface area contributed by atoms with Gasteiger partial charge >= 0.3 is 6.18 Å². The molecule has 4 N–H and O–H groups in total. The van der Waals surface area contributed by atoms with E-state index in [0.717, 1.165) is 12.1 Å².